The summed E-state index contributed by atoms with van der Waals surface area (Å²) in [5.74, 6) is 0. The Bertz CT molecular complexity index is 425. The van der Waals surface area contributed by atoms with E-state index in [1.165, 1.54) is 17.9 Å². The van der Waals surface area contributed by atoms with E-state index in [0.29, 0.717) is 16.7 Å². The average molecular weight is 312 g/mol. The van der Waals surface area contributed by atoms with Crippen molar-refractivity contribution in [1.82, 2.24) is 9.78 Å². The summed E-state index contributed by atoms with van der Waals surface area (Å²) in [6, 6.07) is 0. The Labute approximate surface area is 105 Å². The molecule has 0 bridgehead atoms. The molecule has 0 aliphatic heterocycles. The number of hydrogen-bond acceptors (Lipinski definition) is 4. The highest BCUT2D eigenvalue weighted by molar-refractivity contribution is 9.10. The van der Waals surface area contributed by atoms with Crippen LogP contribution in [0.4, 0.5) is 14.5 Å². The SMILES string of the molecule is Cn1ncc(NCCOCC(F)F)c(Br)c1=O. The molecule has 0 fully saturated rings. The monoisotopic (exact) mass is 311 g/mol. The summed E-state index contributed by atoms with van der Waals surface area (Å²) >= 11 is 3.13. The van der Waals surface area contributed by atoms with Gasteiger partial charge < -0.3 is 10.1 Å². The van der Waals surface area contributed by atoms with E-state index in [1.807, 2.05) is 0 Å². The highest BCUT2D eigenvalue weighted by atomic mass is 79.9. The largest absolute Gasteiger partial charge is 0.380 e. The van der Waals surface area contributed by atoms with Gasteiger partial charge in [-0.1, -0.05) is 0 Å². The summed E-state index contributed by atoms with van der Waals surface area (Å²) < 4.78 is 29.7. The van der Waals surface area contributed by atoms with Crippen molar-refractivity contribution < 1.29 is 13.5 Å². The lowest BCUT2D eigenvalue weighted by molar-refractivity contribution is 0.0215. The minimum Gasteiger partial charge on any atom is -0.380 e. The number of hydrogen-bond donors (Lipinski definition) is 1. The van der Waals surface area contributed by atoms with Crippen molar-refractivity contribution in [3.8, 4) is 0 Å². The molecule has 17 heavy (non-hydrogen) atoms. The number of alkyl halides is 2. The van der Waals surface area contributed by atoms with Gasteiger partial charge in [0.1, 0.15) is 11.1 Å². The fourth-order valence-electron chi connectivity index (χ4n) is 1.06. The third-order valence-corrected chi connectivity index (χ3v) is 2.65. The first kappa shape index (κ1) is 14.0. The maximum atomic E-state index is 11.7. The number of aromatic nitrogens is 2. The third kappa shape index (κ3) is 4.39. The molecule has 0 saturated heterocycles. The van der Waals surface area contributed by atoms with Crippen LogP contribution in [0, 0.1) is 0 Å². The zero-order valence-electron chi connectivity index (χ0n) is 9.12. The Morgan fingerprint density at radius 3 is 3.00 bits per heavy atom. The molecule has 1 aromatic rings. The summed E-state index contributed by atoms with van der Waals surface area (Å²) in [6.45, 7) is -0.135. The van der Waals surface area contributed by atoms with Gasteiger partial charge in [0, 0.05) is 13.6 Å². The first-order valence-corrected chi connectivity index (χ1v) is 5.63. The molecule has 0 atom stereocenters. The second-order valence-corrected chi connectivity index (χ2v) is 3.99. The lowest BCUT2D eigenvalue weighted by Crippen LogP contribution is -2.22. The predicted octanol–water partition coefficient (Wildman–Crippen LogP) is 1.24. The van der Waals surface area contributed by atoms with Crippen LogP contribution in [0.25, 0.3) is 0 Å². The van der Waals surface area contributed by atoms with Crippen LogP contribution in [0.2, 0.25) is 0 Å². The number of aryl methyl sites for hydroxylation is 1. The first-order chi connectivity index (χ1) is 8.02. The van der Waals surface area contributed by atoms with Crippen molar-refractivity contribution >= 4 is 21.6 Å². The fourth-order valence-corrected chi connectivity index (χ4v) is 1.56. The van der Waals surface area contributed by atoms with E-state index in [1.54, 1.807) is 0 Å². The Morgan fingerprint density at radius 1 is 1.65 bits per heavy atom. The smallest absolute Gasteiger partial charge is 0.282 e. The van der Waals surface area contributed by atoms with Gasteiger partial charge in [-0.2, -0.15) is 5.10 Å². The van der Waals surface area contributed by atoms with Gasteiger partial charge in [0.25, 0.3) is 12.0 Å². The lowest BCUT2D eigenvalue weighted by Gasteiger charge is -2.08. The minimum absolute atomic E-state index is 0.131. The van der Waals surface area contributed by atoms with Crippen LogP contribution in [0.1, 0.15) is 0 Å². The molecule has 96 valence electrons. The third-order valence-electron chi connectivity index (χ3n) is 1.88. The quantitative estimate of drug-likeness (QED) is 0.803. The molecule has 1 heterocycles. The molecule has 0 radical (unpaired) electrons. The van der Waals surface area contributed by atoms with E-state index in [0.717, 1.165) is 0 Å². The summed E-state index contributed by atoms with van der Waals surface area (Å²) in [5, 5.41) is 6.68. The number of rotatable bonds is 6. The van der Waals surface area contributed by atoms with Crippen LogP contribution in [0.3, 0.4) is 0 Å². The number of anilines is 1. The van der Waals surface area contributed by atoms with Crippen molar-refractivity contribution in [3.05, 3.63) is 21.0 Å². The minimum atomic E-state index is -2.47. The van der Waals surface area contributed by atoms with E-state index in [9.17, 15) is 13.6 Å². The number of ether oxygens (including phenoxy) is 1. The Balaban J connectivity index is 2.42. The van der Waals surface area contributed by atoms with E-state index in [4.69, 9.17) is 0 Å². The van der Waals surface area contributed by atoms with Gasteiger partial charge in [-0.3, -0.25) is 4.79 Å². The second kappa shape index (κ2) is 6.65. The van der Waals surface area contributed by atoms with Gasteiger partial charge in [-0.15, -0.1) is 0 Å². The molecule has 0 unspecified atom stereocenters. The Hall–Kier alpha value is -1.02. The van der Waals surface area contributed by atoms with Crippen LogP contribution in [0.15, 0.2) is 15.5 Å². The number of nitrogens with zero attached hydrogens (tertiary/aromatic N) is 2. The zero-order valence-corrected chi connectivity index (χ0v) is 10.7. The highest BCUT2D eigenvalue weighted by Gasteiger charge is 2.06. The van der Waals surface area contributed by atoms with Gasteiger partial charge >= 0.3 is 0 Å². The fraction of sp³-hybridized carbons (Fsp3) is 0.556. The Kier molecular flexibility index (Phi) is 5.49. The van der Waals surface area contributed by atoms with E-state index < -0.39 is 13.0 Å². The van der Waals surface area contributed by atoms with Gasteiger partial charge in [-0.05, 0) is 15.9 Å². The van der Waals surface area contributed by atoms with Crippen LogP contribution in [0.5, 0.6) is 0 Å². The molecule has 8 heteroatoms. The Morgan fingerprint density at radius 2 is 2.35 bits per heavy atom. The molecule has 0 aromatic carbocycles. The summed E-state index contributed by atoms with van der Waals surface area (Å²) in [4.78, 5) is 11.5. The molecule has 0 aliphatic carbocycles. The van der Waals surface area contributed by atoms with Crippen molar-refractivity contribution in [2.24, 2.45) is 7.05 Å². The van der Waals surface area contributed by atoms with Gasteiger partial charge in [-0.25, -0.2) is 13.5 Å². The lowest BCUT2D eigenvalue weighted by atomic mass is 10.4. The maximum absolute atomic E-state index is 11.7. The molecule has 0 saturated carbocycles. The van der Waals surface area contributed by atoms with Crippen LogP contribution < -0.4 is 10.9 Å². The highest BCUT2D eigenvalue weighted by Crippen LogP contribution is 2.15. The summed E-state index contributed by atoms with van der Waals surface area (Å²) in [6.07, 6.45) is -0.995. The molecule has 0 amide bonds. The zero-order chi connectivity index (χ0) is 12.8. The normalized spacial score (nSPS) is 10.9. The van der Waals surface area contributed by atoms with Crippen LogP contribution in [-0.2, 0) is 11.8 Å². The molecular formula is C9H12BrF2N3O2. The van der Waals surface area contributed by atoms with E-state index in [-0.39, 0.29) is 12.2 Å². The maximum Gasteiger partial charge on any atom is 0.282 e. The molecule has 5 nitrogen and oxygen atoms in total. The van der Waals surface area contributed by atoms with Gasteiger partial charge in [0.2, 0.25) is 0 Å². The second-order valence-electron chi connectivity index (χ2n) is 3.19. The standard InChI is InChI=1S/C9H12BrF2N3O2/c1-15-9(16)8(10)6(4-14-15)13-2-3-17-5-7(11)12/h4,7,13H,2-3,5H2,1H3. The number of nitrogens with one attached hydrogen (secondary N) is 1. The first-order valence-electron chi connectivity index (χ1n) is 4.84. The molecular weight excluding hydrogens is 300 g/mol. The average Bonchev–Trinajstić information content (AvgIpc) is 2.28. The van der Waals surface area contributed by atoms with Crippen molar-refractivity contribution in [3.63, 3.8) is 0 Å². The molecule has 0 spiro atoms. The van der Waals surface area contributed by atoms with Crippen molar-refractivity contribution in [2.45, 2.75) is 6.43 Å². The molecule has 1 aromatic heterocycles. The summed E-state index contributed by atoms with van der Waals surface area (Å²) in [5.41, 5.74) is 0.234. The topological polar surface area (TPSA) is 56.1 Å². The van der Waals surface area contributed by atoms with Crippen molar-refractivity contribution in [1.29, 1.82) is 0 Å². The molecule has 0 aliphatic rings. The van der Waals surface area contributed by atoms with E-state index in [2.05, 4.69) is 31.1 Å². The molecule has 1 rings (SSSR count). The van der Waals surface area contributed by atoms with E-state index >= 15 is 0 Å². The van der Waals surface area contributed by atoms with Gasteiger partial charge in [0.15, 0.2) is 0 Å². The number of halogens is 3. The summed E-state index contributed by atoms with van der Waals surface area (Å²) in [7, 11) is 1.53. The van der Waals surface area contributed by atoms with Crippen LogP contribution >= 0.6 is 15.9 Å². The van der Waals surface area contributed by atoms with Gasteiger partial charge in [0.05, 0.1) is 18.5 Å². The molecule has 1 N–H and O–H groups in total. The van der Waals surface area contributed by atoms with Crippen LogP contribution in [-0.4, -0.2) is 36.0 Å². The predicted molar refractivity (Wildman–Crippen MR) is 62.5 cm³/mol. The van der Waals surface area contributed by atoms with Crippen molar-refractivity contribution in [2.75, 3.05) is 25.1 Å².